The molecule has 0 aromatic heterocycles. The van der Waals surface area contributed by atoms with Gasteiger partial charge in [-0.3, -0.25) is 0 Å². The topological polar surface area (TPSA) is 58.6 Å². The van der Waals surface area contributed by atoms with Gasteiger partial charge in [0.15, 0.2) is 0 Å². The highest BCUT2D eigenvalue weighted by atomic mass is 19.4. The number of halogens is 3. The minimum Gasteiger partial charge on any atom is -0.490 e. The summed E-state index contributed by atoms with van der Waals surface area (Å²) >= 11 is 0. The average Bonchev–Trinajstić information content (AvgIpc) is 2.86. The predicted molar refractivity (Wildman–Crippen MR) is 83.1 cm³/mol. The zero-order valence-electron chi connectivity index (χ0n) is 13.5. The molecule has 0 amide bonds. The molecule has 3 rings (SSSR count). The fourth-order valence-corrected chi connectivity index (χ4v) is 3.10. The van der Waals surface area contributed by atoms with Crippen molar-refractivity contribution in [2.75, 3.05) is 0 Å². The Balaban J connectivity index is 0.000000256. The third-order valence-corrected chi connectivity index (χ3v) is 4.31. The Morgan fingerprint density at radius 3 is 2.12 bits per heavy atom. The van der Waals surface area contributed by atoms with Crippen molar-refractivity contribution in [3.8, 4) is 5.75 Å². The van der Waals surface area contributed by atoms with Gasteiger partial charge in [-0.25, -0.2) is 4.79 Å². The van der Waals surface area contributed by atoms with Crippen molar-refractivity contribution < 1.29 is 27.8 Å². The summed E-state index contributed by atoms with van der Waals surface area (Å²) in [5.74, 6) is -1.72. The van der Waals surface area contributed by atoms with Crippen LogP contribution in [0.25, 0.3) is 0 Å². The van der Waals surface area contributed by atoms with E-state index in [-0.39, 0.29) is 0 Å². The molecule has 1 aromatic rings. The van der Waals surface area contributed by atoms with Crippen LogP contribution in [0.15, 0.2) is 24.3 Å². The van der Waals surface area contributed by atoms with Crippen molar-refractivity contribution >= 4 is 5.97 Å². The maximum absolute atomic E-state index is 10.6. The van der Waals surface area contributed by atoms with Gasteiger partial charge in [0.25, 0.3) is 0 Å². The van der Waals surface area contributed by atoms with Crippen LogP contribution in [0, 0.1) is 0 Å². The van der Waals surface area contributed by atoms with Crippen LogP contribution in [0.3, 0.4) is 0 Å². The molecule has 2 bridgehead atoms. The summed E-state index contributed by atoms with van der Waals surface area (Å²) in [6.07, 6.45) is 1.44. The molecular formula is C17H22F3NO3. The van der Waals surface area contributed by atoms with Crippen molar-refractivity contribution in [2.45, 2.75) is 63.4 Å². The third kappa shape index (κ3) is 5.40. The summed E-state index contributed by atoms with van der Waals surface area (Å²) in [5, 5.41) is 10.8. The average molecular weight is 345 g/mol. The fourth-order valence-electron chi connectivity index (χ4n) is 3.10. The quantitative estimate of drug-likeness (QED) is 0.880. The molecule has 2 aliphatic rings. The minimum atomic E-state index is -5.08. The number of hydrogen-bond donors (Lipinski definition) is 2. The molecule has 24 heavy (non-hydrogen) atoms. The Bertz CT molecular complexity index is 533. The van der Waals surface area contributed by atoms with Gasteiger partial charge in [0.2, 0.25) is 0 Å². The molecule has 0 saturated carbocycles. The summed E-state index contributed by atoms with van der Waals surface area (Å²) in [4.78, 5) is 8.90. The van der Waals surface area contributed by atoms with Gasteiger partial charge in [-0.2, -0.15) is 13.2 Å². The summed E-state index contributed by atoms with van der Waals surface area (Å²) < 4.78 is 37.8. The van der Waals surface area contributed by atoms with Crippen LogP contribution >= 0.6 is 0 Å². The van der Waals surface area contributed by atoms with E-state index in [0.29, 0.717) is 18.2 Å². The van der Waals surface area contributed by atoms with Crippen LogP contribution in [0.2, 0.25) is 0 Å². The van der Waals surface area contributed by atoms with Gasteiger partial charge in [-0.05, 0) is 49.8 Å². The van der Waals surface area contributed by atoms with Gasteiger partial charge in [0.1, 0.15) is 11.9 Å². The summed E-state index contributed by atoms with van der Waals surface area (Å²) in [6.45, 7) is 2.18. The number of nitrogens with one attached hydrogen (secondary N) is 1. The van der Waals surface area contributed by atoms with E-state index in [1.807, 2.05) is 0 Å². The number of benzene rings is 1. The van der Waals surface area contributed by atoms with Gasteiger partial charge in [-0.15, -0.1) is 0 Å². The number of rotatable bonds is 3. The molecule has 1 aromatic carbocycles. The highest BCUT2D eigenvalue weighted by Gasteiger charge is 2.38. The monoisotopic (exact) mass is 345 g/mol. The lowest BCUT2D eigenvalue weighted by molar-refractivity contribution is -0.192. The lowest BCUT2D eigenvalue weighted by Crippen LogP contribution is -2.42. The number of piperidine rings is 1. The standard InChI is InChI=1S/C15H21NO.C2HF3O2/c1-2-11-3-7-14(8-4-11)17-15-9-12-5-6-13(10-15)16-12;3-2(4,5)1(6)7/h3-4,7-8,12-13,15-16H,2,5-6,9-10H2,1H3;(H,6,7)/t12-,13+,15-;. The number of aryl methyl sites for hydroxylation is 1. The largest absolute Gasteiger partial charge is 0.490 e. The highest BCUT2D eigenvalue weighted by molar-refractivity contribution is 5.73. The molecule has 7 heteroatoms. The second-order valence-electron chi connectivity index (χ2n) is 6.15. The number of carbonyl (C=O) groups is 1. The van der Waals surface area contributed by atoms with Crippen LogP contribution < -0.4 is 10.1 Å². The van der Waals surface area contributed by atoms with E-state index in [4.69, 9.17) is 14.6 Å². The summed E-state index contributed by atoms with van der Waals surface area (Å²) in [5.41, 5.74) is 1.38. The van der Waals surface area contributed by atoms with Crippen LogP contribution in [0.5, 0.6) is 5.75 Å². The van der Waals surface area contributed by atoms with Crippen LogP contribution in [-0.2, 0) is 11.2 Å². The molecule has 134 valence electrons. The highest BCUT2D eigenvalue weighted by Crippen LogP contribution is 2.29. The zero-order valence-corrected chi connectivity index (χ0v) is 13.5. The Hall–Kier alpha value is -1.76. The molecule has 0 aliphatic carbocycles. The number of ether oxygens (including phenoxy) is 1. The second kappa shape index (κ2) is 7.88. The molecule has 3 atom stereocenters. The second-order valence-corrected chi connectivity index (χ2v) is 6.15. The van der Waals surface area contributed by atoms with Gasteiger partial charge < -0.3 is 15.2 Å². The molecule has 4 nitrogen and oxygen atoms in total. The van der Waals surface area contributed by atoms with Gasteiger partial charge in [-0.1, -0.05) is 19.1 Å². The van der Waals surface area contributed by atoms with Crippen molar-refractivity contribution in [2.24, 2.45) is 0 Å². The molecule has 2 saturated heterocycles. The molecule has 2 fully saturated rings. The van der Waals surface area contributed by atoms with E-state index < -0.39 is 12.1 Å². The Kier molecular flexibility index (Phi) is 6.10. The number of alkyl halides is 3. The van der Waals surface area contributed by atoms with E-state index >= 15 is 0 Å². The lowest BCUT2D eigenvalue weighted by atomic mass is 10.0. The number of carboxylic acid groups (broad SMARTS) is 1. The van der Waals surface area contributed by atoms with Gasteiger partial charge in [0, 0.05) is 12.1 Å². The van der Waals surface area contributed by atoms with E-state index in [9.17, 15) is 13.2 Å². The number of carboxylic acids is 1. The molecule has 0 unspecified atom stereocenters. The van der Waals surface area contributed by atoms with Crippen molar-refractivity contribution in [1.29, 1.82) is 0 Å². The van der Waals surface area contributed by atoms with Crippen molar-refractivity contribution in [3.63, 3.8) is 0 Å². The maximum atomic E-state index is 10.6. The van der Waals surface area contributed by atoms with E-state index in [0.717, 1.165) is 12.2 Å². The first kappa shape index (κ1) is 18.6. The smallest absolute Gasteiger partial charge is 0.490 e. The molecule has 0 spiro atoms. The van der Waals surface area contributed by atoms with Crippen LogP contribution in [-0.4, -0.2) is 35.4 Å². The number of fused-ring (bicyclic) bond motifs is 2. The first-order valence-corrected chi connectivity index (χ1v) is 8.09. The Morgan fingerprint density at radius 1 is 1.21 bits per heavy atom. The molecule has 2 aliphatic heterocycles. The fraction of sp³-hybridized carbons (Fsp3) is 0.588. The Morgan fingerprint density at radius 2 is 1.71 bits per heavy atom. The van der Waals surface area contributed by atoms with Crippen molar-refractivity contribution in [3.05, 3.63) is 29.8 Å². The first-order chi connectivity index (χ1) is 11.3. The first-order valence-electron chi connectivity index (χ1n) is 8.09. The normalized spacial score (nSPS) is 25.6. The SMILES string of the molecule is CCc1ccc(O[C@@H]2C[C@H]3CC[C@@H](C2)N3)cc1.O=C(O)C(F)(F)F. The molecule has 0 radical (unpaired) electrons. The number of aliphatic carboxylic acids is 1. The maximum Gasteiger partial charge on any atom is 0.490 e. The molecule has 2 N–H and O–H groups in total. The molecular weight excluding hydrogens is 323 g/mol. The van der Waals surface area contributed by atoms with Crippen molar-refractivity contribution in [1.82, 2.24) is 5.32 Å². The third-order valence-electron chi connectivity index (χ3n) is 4.31. The molecule has 2 heterocycles. The Labute approximate surface area is 139 Å². The van der Waals surface area contributed by atoms with Gasteiger partial charge >= 0.3 is 12.1 Å². The summed E-state index contributed by atoms with van der Waals surface area (Å²) in [6, 6.07) is 9.98. The van der Waals surface area contributed by atoms with Crippen LogP contribution in [0.4, 0.5) is 13.2 Å². The van der Waals surface area contributed by atoms with E-state index in [2.05, 4.69) is 36.5 Å². The minimum absolute atomic E-state index is 0.418. The van der Waals surface area contributed by atoms with E-state index in [1.54, 1.807) is 0 Å². The van der Waals surface area contributed by atoms with Gasteiger partial charge in [0.05, 0.1) is 0 Å². The predicted octanol–water partition coefficient (Wildman–Crippen LogP) is 3.54. The zero-order chi connectivity index (χ0) is 17.7. The lowest BCUT2D eigenvalue weighted by Gasteiger charge is -2.29. The van der Waals surface area contributed by atoms with Crippen LogP contribution in [0.1, 0.15) is 38.2 Å². The number of hydrogen-bond acceptors (Lipinski definition) is 3. The van der Waals surface area contributed by atoms with E-state index in [1.165, 1.54) is 31.2 Å². The summed E-state index contributed by atoms with van der Waals surface area (Å²) in [7, 11) is 0.